The molecule has 2 rings (SSSR count). The van der Waals surface area contributed by atoms with Gasteiger partial charge in [-0.2, -0.15) is 0 Å². The Kier molecular flexibility index (Phi) is 4.12. The highest BCUT2D eigenvalue weighted by molar-refractivity contribution is 5.72. The van der Waals surface area contributed by atoms with Gasteiger partial charge in [0.2, 0.25) is 0 Å². The van der Waals surface area contributed by atoms with Crippen LogP contribution in [0.1, 0.15) is 25.6 Å². The van der Waals surface area contributed by atoms with E-state index in [9.17, 15) is 4.79 Å². The van der Waals surface area contributed by atoms with Crippen LogP contribution in [0.4, 0.5) is 5.69 Å². The second-order valence-corrected chi connectivity index (χ2v) is 4.50. The molecule has 0 saturated carbocycles. The summed E-state index contributed by atoms with van der Waals surface area (Å²) in [5.74, 6) is 0.769. The fourth-order valence-electron chi connectivity index (χ4n) is 2.18. The Morgan fingerprint density at radius 1 is 1.39 bits per heavy atom. The minimum Gasteiger partial charge on any atom is -0.466 e. The van der Waals surface area contributed by atoms with Gasteiger partial charge in [0.15, 0.2) is 0 Å². The van der Waals surface area contributed by atoms with Crippen molar-refractivity contribution < 1.29 is 9.53 Å². The Labute approximate surface area is 107 Å². The monoisotopic (exact) mass is 249 g/mol. The van der Waals surface area contributed by atoms with Crippen molar-refractivity contribution in [3.8, 4) is 0 Å². The molecule has 0 unspecified atom stereocenters. The van der Waals surface area contributed by atoms with E-state index in [1.54, 1.807) is 0 Å². The molecule has 0 aromatic carbocycles. The number of aromatic nitrogens is 2. The van der Waals surface area contributed by atoms with Crippen molar-refractivity contribution >= 4 is 11.7 Å². The Bertz CT molecular complexity index is 397. The first-order valence-corrected chi connectivity index (χ1v) is 6.41. The van der Waals surface area contributed by atoms with Crippen molar-refractivity contribution in [1.82, 2.24) is 9.97 Å². The van der Waals surface area contributed by atoms with E-state index in [-0.39, 0.29) is 11.9 Å². The summed E-state index contributed by atoms with van der Waals surface area (Å²) < 4.78 is 5.06. The van der Waals surface area contributed by atoms with E-state index >= 15 is 0 Å². The van der Waals surface area contributed by atoms with Crippen molar-refractivity contribution in [3.05, 3.63) is 18.2 Å². The first kappa shape index (κ1) is 12.8. The van der Waals surface area contributed by atoms with Gasteiger partial charge in [0.25, 0.3) is 0 Å². The van der Waals surface area contributed by atoms with Crippen molar-refractivity contribution in [2.45, 2.75) is 26.7 Å². The second-order valence-electron chi connectivity index (χ2n) is 4.50. The Balaban J connectivity index is 1.90. The zero-order valence-electron chi connectivity index (χ0n) is 10.9. The van der Waals surface area contributed by atoms with Gasteiger partial charge in [-0.05, 0) is 26.7 Å². The molecule has 0 radical (unpaired) electrons. The summed E-state index contributed by atoms with van der Waals surface area (Å²) in [6, 6.07) is 0. The number of nitrogens with zero attached hydrogens (tertiary/aromatic N) is 3. The van der Waals surface area contributed by atoms with E-state index in [2.05, 4.69) is 14.9 Å². The van der Waals surface area contributed by atoms with Crippen molar-refractivity contribution in [3.63, 3.8) is 0 Å². The van der Waals surface area contributed by atoms with Crippen molar-refractivity contribution in [2.75, 3.05) is 24.6 Å². The van der Waals surface area contributed by atoms with Crippen LogP contribution >= 0.6 is 0 Å². The van der Waals surface area contributed by atoms with E-state index < -0.39 is 0 Å². The fraction of sp³-hybridized carbons (Fsp3) is 0.615. The minimum absolute atomic E-state index is 0.0487. The van der Waals surface area contributed by atoms with Crippen LogP contribution in [0.5, 0.6) is 0 Å². The molecule has 1 aromatic rings. The van der Waals surface area contributed by atoms with Crippen LogP contribution in [-0.4, -0.2) is 35.6 Å². The van der Waals surface area contributed by atoms with Gasteiger partial charge in [-0.3, -0.25) is 4.79 Å². The molecule has 1 fully saturated rings. The summed E-state index contributed by atoms with van der Waals surface area (Å²) in [6.45, 7) is 5.89. The molecule has 0 aliphatic carbocycles. The average molecular weight is 249 g/mol. The maximum Gasteiger partial charge on any atom is 0.309 e. The van der Waals surface area contributed by atoms with Crippen LogP contribution < -0.4 is 4.90 Å². The number of hydrogen-bond acceptors (Lipinski definition) is 5. The molecule has 98 valence electrons. The molecule has 1 saturated heterocycles. The molecule has 0 bridgehead atoms. The molecule has 1 aromatic heterocycles. The topological polar surface area (TPSA) is 55.3 Å². The van der Waals surface area contributed by atoms with E-state index in [1.165, 1.54) is 0 Å². The second kappa shape index (κ2) is 5.80. The van der Waals surface area contributed by atoms with Gasteiger partial charge in [-0.15, -0.1) is 0 Å². The first-order valence-electron chi connectivity index (χ1n) is 6.41. The maximum absolute atomic E-state index is 11.6. The lowest BCUT2D eigenvalue weighted by Gasteiger charge is -2.32. The fourth-order valence-corrected chi connectivity index (χ4v) is 2.18. The largest absolute Gasteiger partial charge is 0.466 e. The van der Waals surface area contributed by atoms with Gasteiger partial charge in [0.1, 0.15) is 5.82 Å². The zero-order valence-corrected chi connectivity index (χ0v) is 10.9. The standard InChI is InChI=1S/C13H19N3O2/c1-3-18-13(17)11-4-6-16(7-5-11)12-8-14-10(2)15-9-12/h8-9,11H,3-7H2,1-2H3. The van der Waals surface area contributed by atoms with Gasteiger partial charge >= 0.3 is 5.97 Å². The quantitative estimate of drug-likeness (QED) is 0.761. The number of aryl methyl sites for hydroxylation is 1. The number of carbonyl (C=O) groups excluding carboxylic acids is 1. The number of anilines is 1. The molecule has 0 spiro atoms. The third-order valence-electron chi connectivity index (χ3n) is 3.25. The predicted octanol–water partition coefficient (Wildman–Crippen LogP) is 1.56. The molecule has 2 heterocycles. The summed E-state index contributed by atoms with van der Waals surface area (Å²) in [6.07, 6.45) is 5.36. The summed E-state index contributed by atoms with van der Waals surface area (Å²) in [5.41, 5.74) is 1.03. The molecule has 1 aliphatic rings. The average Bonchev–Trinajstić information content (AvgIpc) is 2.40. The molecular weight excluding hydrogens is 230 g/mol. The highest BCUT2D eigenvalue weighted by Crippen LogP contribution is 2.23. The molecule has 5 heteroatoms. The van der Waals surface area contributed by atoms with Gasteiger partial charge in [-0.1, -0.05) is 0 Å². The lowest BCUT2D eigenvalue weighted by atomic mass is 9.97. The number of esters is 1. The van der Waals surface area contributed by atoms with E-state index in [0.29, 0.717) is 6.61 Å². The Hall–Kier alpha value is -1.65. The Morgan fingerprint density at radius 3 is 2.56 bits per heavy atom. The SMILES string of the molecule is CCOC(=O)C1CCN(c2cnc(C)nc2)CC1. The third kappa shape index (κ3) is 2.97. The smallest absolute Gasteiger partial charge is 0.309 e. The van der Waals surface area contributed by atoms with Crippen LogP contribution in [0.25, 0.3) is 0 Å². The summed E-state index contributed by atoms with van der Waals surface area (Å²) in [7, 11) is 0. The molecule has 5 nitrogen and oxygen atoms in total. The van der Waals surface area contributed by atoms with Crippen molar-refractivity contribution in [2.24, 2.45) is 5.92 Å². The lowest BCUT2D eigenvalue weighted by Crippen LogP contribution is -2.37. The van der Waals surface area contributed by atoms with Crippen LogP contribution in [-0.2, 0) is 9.53 Å². The highest BCUT2D eigenvalue weighted by atomic mass is 16.5. The molecule has 1 aliphatic heterocycles. The highest BCUT2D eigenvalue weighted by Gasteiger charge is 2.26. The van der Waals surface area contributed by atoms with E-state index in [0.717, 1.165) is 37.4 Å². The third-order valence-corrected chi connectivity index (χ3v) is 3.25. The normalized spacial score (nSPS) is 16.7. The van der Waals surface area contributed by atoms with Crippen LogP contribution in [0.3, 0.4) is 0 Å². The number of ether oxygens (including phenoxy) is 1. The Morgan fingerprint density at radius 2 is 2.00 bits per heavy atom. The van der Waals surface area contributed by atoms with E-state index in [1.807, 2.05) is 26.2 Å². The summed E-state index contributed by atoms with van der Waals surface area (Å²) in [4.78, 5) is 22.2. The lowest BCUT2D eigenvalue weighted by molar-refractivity contribution is -0.148. The van der Waals surface area contributed by atoms with Crippen LogP contribution in [0.15, 0.2) is 12.4 Å². The molecule has 18 heavy (non-hydrogen) atoms. The maximum atomic E-state index is 11.6. The number of carbonyl (C=O) groups is 1. The number of rotatable bonds is 3. The zero-order chi connectivity index (χ0) is 13.0. The number of hydrogen-bond donors (Lipinski definition) is 0. The summed E-state index contributed by atoms with van der Waals surface area (Å²) in [5, 5.41) is 0. The molecule has 0 N–H and O–H groups in total. The number of piperidine rings is 1. The van der Waals surface area contributed by atoms with Crippen LogP contribution in [0.2, 0.25) is 0 Å². The van der Waals surface area contributed by atoms with Gasteiger partial charge in [0.05, 0.1) is 30.6 Å². The predicted molar refractivity (Wildman–Crippen MR) is 68.3 cm³/mol. The van der Waals surface area contributed by atoms with Crippen LogP contribution in [0, 0.1) is 12.8 Å². The molecule has 0 amide bonds. The molecule has 0 atom stereocenters. The first-order chi connectivity index (χ1) is 8.70. The minimum atomic E-state index is -0.0580. The van der Waals surface area contributed by atoms with Gasteiger partial charge in [0, 0.05) is 13.1 Å². The summed E-state index contributed by atoms with van der Waals surface area (Å²) >= 11 is 0. The van der Waals surface area contributed by atoms with Crippen molar-refractivity contribution in [1.29, 1.82) is 0 Å². The molecular formula is C13H19N3O2. The van der Waals surface area contributed by atoms with Gasteiger partial charge < -0.3 is 9.64 Å². The van der Waals surface area contributed by atoms with Gasteiger partial charge in [-0.25, -0.2) is 9.97 Å². The van der Waals surface area contributed by atoms with E-state index in [4.69, 9.17) is 4.74 Å².